The predicted octanol–water partition coefficient (Wildman–Crippen LogP) is 4.57. The number of rotatable bonds is 4. The normalized spacial score (nSPS) is 10.8. The Morgan fingerprint density at radius 1 is 1.47 bits per heavy atom. The molecule has 2 nitrogen and oxygen atoms in total. The number of nitrogens with zero attached hydrogens (tertiary/aromatic N) is 2. The van der Waals surface area contributed by atoms with Crippen molar-refractivity contribution in [2.45, 2.75) is 47.5 Å². The van der Waals surface area contributed by atoms with Crippen LogP contribution in [0.3, 0.4) is 0 Å². The molecule has 0 amide bonds. The fourth-order valence-electron chi connectivity index (χ4n) is 1.48. The summed E-state index contributed by atoms with van der Waals surface area (Å²) in [7, 11) is 0. The van der Waals surface area contributed by atoms with E-state index in [1.165, 1.54) is 0 Å². The average Bonchev–Trinajstić information content (AvgIpc) is 2.74. The molecule has 0 saturated carbocycles. The summed E-state index contributed by atoms with van der Waals surface area (Å²) in [5.74, 6) is 0. The van der Waals surface area contributed by atoms with Crippen molar-refractivity contribution in [3.05, 3.63) is 35.7 Å². The van der Waals surface area contributed by atoms with E-state index in [0.29, 0.717) is 10.6 Å². The highest BCUT2D eigenvalue weighted by atomic mass is 19.2. The second-order valence-corrected chi connectivity index (χ2v) is 3.39. The topological polar surface area (TPSA) is 17.8 Å². The van der Waals surface area contributed by atoms with E-state index in [9.17, 15) is 4.48 Å². The Labute approximate surface area is 104 Å². The van der Waals surface area contributed by atoms with Crippen molar-refractivity contribution in [1.29, 1.82) is 0 Å². The molecule has 0 saturated heterocycles. The zero-order valence-corrected chi connectivity index (χ0v) is 11.5. The first kappa shape index (κ1) is 15.6. The maximum Gasteiger partial charge on any atom is 0.104 e. The molecular weight excluding hydrogens is 215 g/mol. The number of aryl methyl sites for hydroxylation is 1. The third-order valence-corrected chi connectivity index (χ3v) is 2.45. The Bertz CT molecular complexity index is 389. The third kappa shape index (κ3) is 3.84. The number of halogens is 1. The third-order valence-electron chi connectivity index (χ3n) is 2.45. The summed E-state index contributed by atoms with van der Waals surface area (Å²) < 4.78 is 13.5. The minimum Gasteiger partial charge on any atom is -0.147 e. The van der Waals surface area contributed by atoms with Gasteiger partial charge in [0.15, 0.2) is 0 Å². The molecule has 3 heteroatoms. The Morgan fingerprint density at radius 3 is 2.41 bits per heavy atom. The standard InChI is InChI=1S/C12H17FN2.C2H6/c1-5-9(4)11(7-3)12-8-10(6-2)14-15(12)13;1-2/h7-8H,4-6H2,1-3H3;1-2H3/b11-7-;. The Kier molecular flexibility index (Phi) is 7.19. The molecule has 0 aliphatic carbocycles. The SMILES string of the molecule is C=C(CC)/C(=C/C)c1cc(CC)nn1F.CC. The highest BCUT2D eigenvalue weighted by Crippen LogP contribution is 2.24. The van der Waals surface area contributed by atoms with Crippen LogP contribution < -0.4 is 0 Å². The monoisotopic (exact) mass is 238 g/mol. The van der Waals surface area contributed by atoms with Gasteiger partial charge < -0.3 is 0 Å². The molecule has 0 N–H and O–H groups in total. The minimum absolute atomic E-state index is 0.439. The average molecular weight is 238 g/mol. The number of hydrogen-bond donors (Lipinski definition) is 0. The van der Waals surface area contributed by atoms with E-state index >= 15 is 0 Å². The number of allylic oxidation sites excluding steroid dienone is 3. The summed E-state index contributed by atoms with van der Waals surface area (Å²) in [6.45, 7) is 13.8. The van der Waals surface area contributed by atoms with Crippen LogP contribution in [0, 0.1) is 0 Å². The summed E-state index contributed by atoms with van der Waals surface area (Å²) in [6, 6.07) is 1.77. The summed E-state index contributed by atoms with van der Waals surface area (Å²) in [5.41, 5.74) is 3.03. The van der Waals surface area contributed by atoms with Gasteiger partial charge in [-0.15, -0.1) is 5.10 Å². The van der Waals surface area contributed by atoms with Crippen molar-refractivity contribution in [2.24, 2.45) is 0 Å². The van der Waals surface area contributed by atoms with Crippen LogP contribution in [0.4, 0.5) is 4.48 Å². The maximum absolute atomic E-state index is 13.5. The predicted molar refractivity (Wildman–Crippen MR) is 72.5 cm³/mol. The van der Waals surface area contributed by atoms with Crippen molar-refractivity contribution in [3.8, 4) is 0 Å². The fourth-order valence-corrected chi connectivity index (χ4v) is 1.48. The van der Waals surface area contributed by atoms with Crippen LogP contribution in [0.5, 0.6) is 0 Å². The van der Waals surface area contributed by atoms with Gasteiger partial charge in [0.2, 0.25) is 0 Å². The van der Waals surface area contributed by atoms with Gasteiger partial charge in [0.05, 0.1) is 5.69 Å². The highest BCUT2D eigenvalue weighted by Gasteiger charge is 2.12. The van der Waals surface area contributed by atoms with E-state index in [4.69, 9.17) is 0 Å². The van der Waals surface area contributed by atoms with Crippen molar-refractivity contribution in [3.63, 3.8) is 0 Å². The Morgan fingerprint density at radius 2 is 2.06 bits per heavy atom. The zero-order valence-electron chi connectivity index (χ0n) is 11.5. The van der Waals surface area contributed by atoms with Gasteiger partial charge in [-0.25, -0.2) is 0 Å². The van der Waals surface area contributed by atoms with Gasteiger partial charge in [0.25, 0.3) is 0 Å². The van der Waals surface area contributed by atoms with Crippen molar-refractivity contribution in [1.82, 2.24) is 10.0 Å². The molecule has 0 aliphatic heterocycles. The van der Waals surface area contributed by atoms with E-state index in [0.717, 1.165) is 29.7 Å². The first-order valence-electron chi connectivity index (χ1n) is 6.23. The van der Waals surface area contributed by atoms with Crippen LogP contribution in [0.2, 0.25) is 0 Å². The largest absolute Gasteiger partial charge is 0.147 e. The molecule has 0 fully saturated rings. The molecule has 0 aliphatic rings. The second kappa shape index (κ2) is 7.82. The lowest BCUT2D eigenvalue weighted by Gasteiger charge is -2.06. The van der Waals surface area contributed by atoms with Crippen LogP contribution in [0.1, 0.15) is 52.4 Å². The first-order chi connectivity index (χ1) is 8.13. The lowest BCUT2D eigenvalue weighted by atomic mass is 10.0. The van der Waals surface area contributed by atoms with Crippen LogP contribution in [0.15, 0.2) is 24.3 Å². The number of hydrogen-bond acceptors (Lipinski definition) is 1. The molecule has 1 rings (SSSR count). The molecule has 0 unspecified atom stereocenters. The van der Waals surface area contributed by atoms with E-state index < -0.39 is 0 Å². The lowest BCUT2D eigenvalue weighted by Crippen LogP contribution is -1.95. The second-order valence-electron chi connectivity index (χ2n) is 3.39. The quantitative estimate of drug-likeness (QED) is 0.702. The molecule has 0 spiro atoms. The minimum atomic E-state index is 0.439. The van der Waals surface area contributed by atoms with Gasteiger partial charge in [-0.1, -0.05) is 49.7 Å². The molecule has 1 aromatic rings. The van der Waals surface area contributed by atoms with Gasteiger partial charge in [-0.2, -0.15) is 0 Å². The Balaban J connectivity index is 0.00000121. The molecule has 0 aromatic carbocycles. The molecule has 1 aromatic heterocycles. The van der Waals surface area contributed by atoms with Gasteiger partial charge in [0, 0.05) is 5.57 Å². The van der Waals surface area contributed by atoms with Gasteiger partial charge in [-0.05, 0) is 31.4 Å². The van der Waals surface area contributed by atoms with E-state index in [1.807, 2.05) is 40.7 Å². The molecule has 0 atom stereocenters. The molecule has 1 heterocycles. The summed E-state index contributed by atoms with van der Waals surface area (Å²) >= 11 is 0. The fraction of sp³-hybridized carbons (Fsp3) is 0.500. The van der Waals surface area contributed by atoms with Crippen LogP contribution in [-0.2, 0) is 6.42 Å². The summed E-state index contributed by atoms with van der Waals surface area (Å²) in [4.78, 5) is 0.439. The van der Waals surface area contributed by atoms with E-state index in [2.05, 4.69) is 11.7 Å². The van der Waals surface area contributed by atoms with E-state index in [-0.39, 0.29) is 0 Å². The highest BCUT2D eigenvalue weighted by molar-refractivity contribution is 5.76. The first-order valence-corrected chi connectivity index (χ1v) is 6.23. The van der Waals surface area contributed by atoms with Crippen molar-refractivity contribution < 1.29 is 4.48 Å². The molecule has 0 bridgehead atoms. The smallest absolute Gasteiger partial charge is 0.104 e. The van der Waals surface area contributed by atoms with Crippen LogP contribution >= 0.6 is 0 Å². The summed E-state index contributed by atoms with van der Waals surface area (Å²) in [6.07, 6.45) is 3.42. The molecule has 0 radical (unpaired) electrons. The van der Waals surface area contributed by atoms with Crippen LogP contribution in [-0.4, -0.2) is 10.0 Å². The zero-order chi connectivity index (χ0) is 13.4. The van der Waals surface area contributed by atoms with E-state index in [1.54, 1.807) is 6.07 Å². The molecule has 17 heavy (non-hydrogen) atoms. The maximum atomic E-state index is 13.5. The molecule has 96 valence electrons. The molecular formula is C14H23FN2. The Hall–Kier alpha value is -1.38. The summed E-state index contributed by atoms with van der Waals surface area (Å²) in [5, 5.41) is 3.78. The van der Waals surface area contributed by atoms with Crippen molar-refractivity contribution >= 4 is 5.57 Å². The van der Waals surface area contributed by atoms with Gasteiger partial charge in [0.1, 0.15) is 5.69 Å². The van der Waals surface area contributed by atoms with Gasteiger partial charge in [-0.3, -0.25) is 0 Å². The lowest BCUT2D eigenvalue weighted by molar-refractivity contribution is 0.310. The van der Waals surface area contributed by atoms with Gasteiger partial charge >= 0.3 is 0 Å². The number of aromatic nitrogens is 2. The van der Waals surface area contributed by atoms with Crippen LogP contribution in [0.25, 0.3) is 5.57 Å². The van der Waals surface area contributed by atoms with Crippen molar-refractivity contribution in [2.75, 3.05) is 0 Å².